The van der Waals surface area contributed by atoms with E-state index in [-0.39, 0.29) is 25.3 Å². The van der Waals surface area contributed by atoms with E-state index in [0.717, 1.165) is 6.07 Å². The van der Waals surface area contributed by atoms with E-state index < -0.39 is 24.3 Å². The normalized spacial score (nSPS) is 11.4. The summed E-state index contributed by atoms with van der Waals surface area (Å²) in [5.74, 6) is -0.501. The number of hydrogen-bond donors (Lipinski definition) is 2. The Labute approximate surface area is 182 Å². The topological polar surface area (TPSA) is 68.2 Å². The fourth-order valence-corrected chi connectivity index (χ4v) is 2.99. The molecule has 1 aromatic heterocycles. The number of hydrogen-bond acceptors (Lipinski definition) is 4. The zero-order valence-electron chi connectivity index (χ0n) is 17.2. The van der Waals surface area contributed by atoms with Crippen LogP contribution < -0.4 is 15.4 Å². The molecule has 0 bridgehead atoms. The van der Waals surface area contributed by atoms with E-state index in [4.69, 9.17) is 4.74 Å². The Bertz CT molecular complexity index is 1070. The van der Waals surface area contributed by atoms with Gasteiger partial charge in [-0.3, -0.25) is 9.48 Å². The fraction of sp³-hybridized carbons (Fsp3) is 0.273. The number of halogens is 4. The van der Waals surface area contributed by atoms with Gasteiger partial charge in [-0.15, -0.1) is 0 Å². The van der Waals surface area contributed by atoms with Crippen LogP contribution in [0.15, 0.2) is 54.7 Å². The third kappa shape index (κ3) is 6.55. The molecule has 170 valence electrons. The van der Waals surface area contributed by atoms with E-state index in [9.17, 15) is 22.4 Å². The lowest BCUT2D eigenvalue weighted by molar-refractivity contribution is -0.133. The Balaban J connectivity index is 1.71. The number of carbonyl (C=O) groups excluding carboxylic acids is 1. The van der Waals surface area contributed by atoms with Gasteiger partial charge in [-0.1, -0.05) is 6.07 Å². The number of nitrogens with one attached hydrogen (secondary N) is 2. The number of ether oxygens (including phenoxy) is 1. The molecule has 3 rings (SSSR count). The van der Waals surface area contributed by atoms with Crippen molar-refractivity contribution in [1.29, 1.82) is 0 Å². The molecule has 6 nitrogen and oxygen atoms in total. The highest BCUT2D eigenvalue weighted by Crippen LogP contribution is 2.32. The minimum absolute atomic E-state index is 0.151. The summed E-state index contributed by atoms with van der Waals surface area (Å²) in [6.07, 6.45) is -3.50. The van der Waals surface area contributed by atoms with Crippen LogP contribution >= 0.6 is 0 Å². The molecule has 2 aromatic carbocycles. The Kier molecular flexibility index (Phi) is 7.47. The van der Waals surface area contributed by atoms with E-state index in [1.165, 1.54) is 18.2 Å². The SMILES string of the molecule is Cn1nccc1-c1cc(NC(=O)c2cccc(F)c2)ccc1OCCNCCC(F)(F)F. The van der Waals surface area contributed by atoms with Crippen LogP contribution in [0.1, 0.15) is 16.8 Å². The van der Waals surface area contributed by atoms with Crippen molar-refractivity contribution in [3.05, 3.63) is 66.1 Å². The summed E-state index contributed by atoms with van der Waals surface area (Å²) in [7, 11) is 1.75. The van der Waals surface area contributed by atoms with E-state index in [0.29, 0.717) is 22.7 Å². The average molecular weight is 450 g/mol. The van der Waals surface area contributed by atoms with Gasteiger partial charge in [0.05, 0.1) is 12.1 Å². The maximum Gasteiger partial charge on any atom is 0.390 e. The molecule has 1 amide bonds. The quantitative estimate of drug-likeness (QED) is 0.375. The highest BCUT2D eigenvalue weighted by atomic mass is 19.4. The van der Waals surface area contributed by atoms with Crippen molar-refractivity contribution in [3.8, 4) is 17.0 Å². The molecule has 0 saturated carbocycles. The van der Waals surface area contributed by atoms with Crippen LogP contribution in [-0.4, -0.2) is 41.6 Å². The summed E-state index contributed by atoms with van der Waals surface area (Å²) in [6.45, 7) is 0.198. The molecule has 3 aromatic rings. The van der Waals surface area contributed by atoms with Crippen LogP contribution in [0.3, 0.4) is 0 Å². The molecule has 0 aliphatic carbocycles. The minimum Gasteiger partial charge on any atom is -0.492 e. The van der Waals surface area contributed by atoms with E-state index >= 15 is 0 Å². The van der Waals surface area contributed by atoms with Gasteiger partial charge in [-0.2, -0.15) is 18.3 Å². The molecule has 0 aliphatic rings. The monoisotopic (exact) mass is 450 g/mol. The zero-order chi connectivity index (χ0) is 23.1. The minimum atomic E-state index is -4.20. The van der Waals surface area contributed by atoms with Gasteiger partial charge in [0, 0.05) is 43.1 Å². The third-order valence-electron chi connectivity index (χ3n) is 4.54. The zero-order valence-corrected chi connectivity index (χ0v) is 17.2. The first kappa shape index (κ1) is 23.3. The van der Waals surface area contributed by atoms with Crippen molar-refractivity contribution in [3.63, 3.8) is 0 Å². The number of benzene rings is 2. The Morgan fingerprint density at radius 2 is 1.94 bits per heavy atom. The lowest BCUT2D eigenvalue weighted by Gasteiger charge is -2.15. The molecule has 10 heteroatoms. The molecule has 0 aliphatic heterocycles. The van der Waals surface area contributed by atoms with Gasteiger partial charge in [0.1, 0.15) is 18.2 Å². The van der Waals surface area contributed by atoms with Crippen LogP contribution in [-0.2, 0) is 7.05 Å². The second-order valence-electron chi connectivity index (χ2n) is 6.98. The molecule has 0 unspecified atom stereocenters. The number of rotatable bonds is 9. The molecule has 0 atom stereocenters. The third-order valence-corrected chi connectivity index (χ3v) is 4.54. The molecule has 1 heterocycles. The first-order valence-corrected chi connectivity index (χ1v) is 9.82. The smallest absolute Gasteiger partial charge is 0.390 e. The molecule has 0 spiro atoms. The van der Waals surface area contributed by atoms with Crippen molar-refractivity contribution in [2.45, 2.75) is 12.6 Å². The molecule has 0 fully saturated rings. The second-order valence-corrected chi connectivity index (χ2v) is 6.98. The predicted molar refractivity (Wildman–Crippen MR) is 112 cm³/mol. The van der Waals surface area contributed by atoms with Gasteiger partial charge in [0.25, 0.3) is 5.91 Å². The van der Waals surface area contributed by atoms with Crippen LogP contribution in [0.4, 0.5) is 23.2 Å². The summed E-state index contributed by atoms with van der Waals surface area (Å²) in [4.78, 5) is 12.4. The lowest BCUT2D eigenvalue weighted by Crippen LogP contribution is -2.26. The molecular formula is C22H22F4N4O2. The number of amides is 1. The summed E-state index contributed by atoms with van der Waals surface area (Å²) in [5.41, 5.74) is 1.99. The Morgan fingerprint density at radius 1 is 1.12 bits per heavy atom. The summed E-state index contributed by atoms with van der Waals surface area (Å²) in [5, 5.41) is 9.55. The van der Waals surface area contributed by atoms with Crippen molar-refractivity contribution >= 4 is 11.6 Å². The van der Waals surface area contributed by atoms with Crippen LogP contribution in [0.5, 0.6) is 5.75 Å². The number of nitrogens with zero attached hydrogens (tertiary/aromatic N) is 2. The van der Waals surface area contributed by atoms with Crippen molar-refractivity contribution < 1.29 is 27.1 Å². The first-order valence-electron chi connectivity index (χ1n) is 9.82. The number of aryl methyl sites for hydroxylation is 1. The van der Waals surface area contributed by atoms with Gasteiger partial charge >= 0.3 is 6.18 Å². The largest absolute Gasteiger partial charge is 0.492 e. The van der Waals surface area contributed by atoms with Crippen molar-refractivity contribution in [2.24, 2.45) is 7.05 Å². The molecule has 0 saturated heterocycles. The number of carbonyl (C=O) groups is 1. The highest BCUT2D eigenvalue weighted by Gasteiger charge is 2.25. The van der Waals surface area contributed by atoms with Gasteiger partial charge < -0.3 is 15.4 Å². The number of aromatic nitrogens is 2. The van der Waals surface area contributed by atoms with Gasteiger partial charge in [0.2, 0.25) is 0 Å². The van der Waals surface area contributed by atoms with E-state index in [1.54, 1.807) is 42.2 Å². The maximum atomic E-state index is 13.4. The van der Waals surface area contributed by atoms with Crippen molar-refractivity contribution in [2.75, 3.05) is 25.0 Å². The Hall–Kier alpha value is -3.40. The molecule has 32 heavy (non-hydrogen) atoms. The summed E-state index contributed by atoms with van der Waals surface area (Å²) < 4.78 is 57.4. The highest BCUT2D eigenvalue weighted by molar-refractivity contribution is 6.04. The number of alkyl halides is 3. The van der Waals surface area contributed by atoms with E-state index in [1.807, 2.05) is 0 Å². The molecule has 0 radical (unpaired) electrons. The average Bonchev–Trinajstić information content (AvgIpc) is 3.16. The van der Waals surface area contributed by atoms with Crippen LogP contribution in [0, 0.1) is 5.82 Å². The maximum absolute atomic E-state index is 13.4. The second kappa shape index (κ2) is 10.3. The molecular weight excluding hydrogens is 428 g/mol. The Morgan fingerprint density at radius 3 is 2.62 bits per heavy atom. The standard InChI is InChI=1S/C22H22F4N4O2/c1-30-19(7-9-28-30)18-14-17(29-21(31)15-3-2-4-16(23)13-15)5-6-20(18)32-12-11-27-10-8-22(24,25)26/h2-7,9,13-14,27H,8,10-12H2,1H3,(H,29,31). The lowest BCUT2D eigenvalue weighted by atomic mass is 10.1. The van der Waals surface area contributed by atoms with Gasteiger partial charge in [-0.05, 0) is 42.5 Å². The van der Waals surface area contributed by atoms with E-state index in [2.05, 4.69) is 15.7 Å². The van der Waals surface area contributed by atoms with Crippen LogP contribution in [0.25, 0.3) is 11.3 Å². The van der Waals surface area contributed by atoms with Gasteiger partial charge in [-0.25, -0.2) is 4.39 Å². The predicted octanol–water partition coefficient (Wildman–Crippen LogP) is 4.40. The van der Waals surface area contributed by atoms with Crippen molar-refractivity contribution in [1.82, 2.24) is 15.1 Å². The number of anilines is 1. The van der Waals surface area contributed by atoms with Gasteiger partial charge in [0.15, 0.2) is 0 Å². The molecule has 2 N–H and O–H groups in total. The fourth-order valence-electron chi connectivity index (χ4n) is 2.99. The first-order chi connectivity index (χ1) is 15.2. The summed E-state index contributed by atoms with van der Waals surface area (Å²) >= 11 is 0. The van der Waals surface area contributed by atoms with Crippen LogP contribution in [0.2, 0.25) is 0 Å². The summed E-state index contributed by atoms with van der Waals surface area (Å²) in [6, 6.07) is 12.1.